The standard InChI is InChI=1S/C19H30N2O2/c1-13(2)11-12-20-17(22)19(5,6)18(23)21-16-10-8-7-9-15(16)14(3)4/h7-10,13-14H,11-12H2,1-6H3,(H,20,22)(H,21,23). The molecule has 4 nitrogen and oxygen atoms in total. The first-order chi connectivity index (χ1) is 10.7. The van der Waals surface area contributed by atoms with E-state index in [-0.39, 0.29) is 11.8 Å². The SMILES string of the molecule is CC(C)CCNC(=O)C(C)(C)C(=O)Nc1ccccc1C(C)C. The summed E-state index contributed by atoms with van der Waals surface area (Å²) in [6.07, 6.45) is 0.902. The highest BCUT2D eigenvalue weighted by atomic mass is 16.2. The van der Waals surface area contributed by atoms with Crippen molar-refractivity contribution in [3.8, 4) is 0 Å². The Morgan fingerprint density at radius 2 is 1.65 bits per heavy atom. The molecule has 2 N–H and O–H groups in total. The molecule has 0 aromatic heterocycles. The fraction of sp³-hybridized carbons (Fsp3) is 0.579. The Bertz CT molecular complexity index is 548. The molecule has 2 amide bonds. The van der Waals surface area contributed by atoms with Gasteiger partial charge in [0.05, 0.1) is 0 Å². The van der Waals surface area contributed by atoms with Crippen molar-refractivity contribution >= 4 is 17.5 Å². The zero-order valence-electron chi connectivity index (χ0n) is 15.2. The lowest BCUT2D eigenvalue weighted by Gasteiger charge is -2.24. The fourth-order valence-electron chi connectivity index (χ4n) is 2.19. The van der Waals surface area contributed by atoms with Crippen LogP contribution < -0.4 is 10.6 Å². The van der Waals surface area contributed by atoms with Gasteiger partial charge in [-0.1, -0.05) is 45.9 Å². The lowest BCUT2D eigenvalue weighted by molar-refractivity contribution is -0.138. The quantitative estimate of drug-likeness (QED) is 0.748. The van der Waals surface area contributed by atoms with Gasteiger partial charge in [0.2, 0.25) is 11.8 Å². The van der Waals surface area contributed by atoms with E-state index in [0.717, 1.165) is 17.7 Å². The molecular formula is C19H30N2O2. The minimum absolute atomic E-state index is 0.238. The second-order valence-electron chi connectivity index (χ2n) is 7.26. The van der Waals surface area contributed by atoms with Crippen LogP contribution in [0.1, 0.15) is 59.4 Å². The molecule has 0 radical (unpaired) electrons. The van der Waals surface area contributed by atoms with Crippen molar-refractivity contribution in [3.63, 3.8) is 0 Å². The summed E-state index contributed by atoms with van der Waals surface area (Å²) in [5.41, 5.74) is 0.730. The van der Waals surface area contributed by atoms with E-state index in [1.54, 1.807) is 13.8 Å². The maximum Gasteiger partial charge on any atom is 0.239 e. The number of carbonyl (C=O) groups is 2. The van der Waals surface area contributed by atoms with Gasteiger partial charge in [0.1, 0.15) is 5.41 Å². The first-order valence-corrected chi connectivity index (χ1v) is 8.35. The third-order valence-electron chi connectivity index (χ3n) is 3.97. The van der Waals surface area contributed by atoms with Gasteiger partial charge in [-0.15, -0.1) is 0 Å². The van der Waals surface area contributed by atoms with Crippen molar-refractivity contribution in [2.24, 2.45) is 11.3 Å². The Labute approximate surface area is 140 Å². The monoisotopic (exact) mass is 318 g/mol. The predicted molar refractivity (Wildman–Crippen MR) is 95.4 cm³/mol. The van der Waals surface area contributed by atoms with Gasteiger partial charge in [-0.3, -0.25) is 9.59 Å². The molecule has 0 aliphatic heterocycles. The van der Waals surface area contributed by atoms with Crippen LogP contribution in [-0.2, 0) is 9.59 Å². The molecule has 23 heavy (non-hydrogen) atoms. The highest BCUT2D eigenvalue weighted by Crippen LogP contribution is 2.26. The second-order valence-corrected chi connectivity index (χ2v) is 7.26. The van der Waals surface area contributed by atoms with Crippen molar-refractivity contribution in [2.75, 3.05) is 11.9 Å². The predicted octanol–water partition coefficient (Wildman–Crippen LogP) is 3.94. The normalized spacial score (nSPS) is 11.7. The van der Waals surface area contributed by atoms with E-state index in [2.05, 4.69) is 38.3 Å². The molecule has 0 heterocycles. The van der Waals surface area contributed by atoms with Gasteiger partial charge in [0.15, 0.2) is 0 Å². The minimum Gasteiger partial charge on any atom is -0.355 e. The van der Waals surface area contributed by atoms with Gasteiger partial charge in [-0.05, 0) is 43.7 Å². The number of nitrogens with one attached hydrogen (secondary N) is 2. The molecule has 0 aliphatic rings. The second kappa shape index (κ2) is 8.14. The molecule has 0 atom stereocenters. The Balaban J connectivity index is 2.77. The zero-order chi connectivity index (χ0) is 17.6. The third kappa shape index (κ3) is 5.38. The topological polar surface area (TPSA) is 58.2 Å². The lowest BCUT2D eigenvalue weighted by atomic mass is 9.90. The number of para-hydroxylation sites is 1. The fourth-order valence-corrected chi connectivity index (χ4v) is 2.19. The molecule has 4 heteroatoms. The van der Waals surface area contributed by atoms with Crippen LogP contribution in [0.3, 0.4) is 0 Å². The van der Waals surface area contributed by atoms with Crippen LogP contribution in [0.2, 0.25) is 0 Å². The summed E-state index contributed by atoms with van der Waals surface area (Å²) in [5.74, 6) is 0.296. The average molecular weight is 318 g/mol. The van der Waals surface area contributed by atoms with Crippen LogP contribution in [-0.4, -0.2) is 18.4 Å². The first kappa shape index (κ1) is 19.2. The molecule has 0 saturated heterocycles. The van der Waals surface area contributed by atoms with E-state index >= 15 is 0 Å². The van der Waals surface area contributed by atoms with Crippen LogP contribution >= 0.6 is 0 Å². The summed E-state index contributed by atoms with van der Waals surface area (Å²) in [6, 6.07) is 7.71. The molecule has 1 rings (SSSR count). The van der Waals surface area contributed by atoms with Gasteiger partial charge in [0, 0.05) is 12.2 Å². The van der Waals surface area contributed by atoms with Gasteiger partial charge in [0.25, 0.3) is 0 Å². The van der Waals surface area contributed by atoms with Gasteiger partial charge in [-0.25, -0.2) is 0 Å². The molecule has 0 spiro atoms. The summed E-state index contributed by atoms with van der Waals surface area (Å²) < 4.78 is 0. The lowest BCUT2D eigenvalue weighted by Crippen LogP contribution is -2.45. The van der Waals surface area contributed by atoms with Crippen molar-refractivity contribution in [1.82, 2.24) is 5.32 Å². The van der Waals surface area contributed by atoms with E-state index < -0.39 is 5.41 Å². The molecular weight excluding hydrogens is 288 g/mol. The van der Waals surface area contributed by atoms with Gasteiger partial charge < -0.3 is 10.6 Å². The summed E-state index contributed by atoms with van der Waals surface area (Å²) in [6.45, 7) is 12.3. The number of anilines is 1. The van der Waals surface area contributed by atoms with Crippen LogP contribution in [0, 0.1) is 11.3 Å². The molecule has 0 bridgehead atoms. The highest BCUT2D eigenvalue weighted by Gasteiger charge is 2.36. The summed E-state index contributed by atoms with van der Waals surface area (Å²) in [5, 5.41) is 5.77. The summed E-state index contributed by atoms with van der Waals surface area (Å²) >= 11 is 0. The molecule has 1 aromatic carbocycles. The summed E-state index contributed by atoms with van der Waals surface area (Å²) in [7, 11) is 0. The smallest absolute Gasteiger partial charge is 0.239 e. The number of hydrogen-bond donors (Lipinski definition) is 2. The zero-order valence-corrected chi connectivity index (χ0v) is 15.2. The van der Waals surface area contributed by atoms with E-state index in [1.165, 1.54) is 0 Å². The maximum absolute atomic E-state index is 12.6. The maximum atomic E-state index is 12.6. The summed E-state index contributed by atoms with van der Waals surface area (Å²) in [4.78, 5) is 24.9. The van der Waals surface area contributed by atoms with E-state index in [0.29, 0.717) is 18.4 Å². The number of rotatable bonds is 7. The van der Waals surface area contributed by atoms with Gasteiger partial charge in [-0.2, -0.15) is 0 Å². The first-order valence-electron chi connectivity index (χ1n) is 8.35. The number of hydrogen-bond acceptors (Lipinski definition) is 2. The van der Waals surface area contributed by atoms with Crippen molar-refractivity contribution in [2.45, 2.75) is 53.9 Å². The van der Waals surface area contributed by atoms with Crippen molar-refractivity contribution in [3.05, 3.63) is 29.8 Å². The van der Waals surface area contributed by atoms with Crippen LogP contribution in [0.15, 0.2) is 24.3 Å². The molecule has 0 aliphatic carbocycles. The largest absolute Gasteiger partial charge is 0.355 e. The highest BCUT2D eigenvalue weighted by molar-refractivity contribution is 6.10. The Kier molecular flexibility index (Phi) is 6.79. The Morgan fingerprint density at radius 3 is 2.22 bits per heavy atom. The van der Waals surface area contributed by atoms with Crippen LogP contribution in [0.25, 0.3) is 0 Å². The van der Waals surface area contributed by atoms with Gasteiger partial charge >= 0.3 is 0 Å². The van der Waals surface area contributed by atoms with Crippen LogP contribution in [0.4, 0.5) is 5.69 Å². The third-order valence-corrected chi connectivity index (χ3v) is 3.97. The number of benzene rings is 1. The minimum atomic E-state index is -1.11. The molecule has 0 unspecified atom stereocenters. The molecule has 128 valence electrons. The van der Waals surface area contributed by atoms with Crippen LogP contribution in [0.5, 0.6) is 0 Å². The molecule has 0 saturated carbocycles. The van der Waals surface area contributed by atoms with Crippen molar-refractivity contribution in [1.29, 1.82) is 0 Å². The number of carbonyl (C=O) groups excluding carboxylic acids is 2. The van der Waals surface area contributed by atoms with E-state index in [9.17, 15) is 9.59 Å². The van der Waals surface area contributed by atoms with E-state index in [1.807, 2.05) is 24.3 Å². The Morgan fingerprint density at radius 1 is 1.04 bits per heavy atom. The molecule has 0 fully saturated rings. The van der Waals surface area contributed by atoms with Crippen molar-refractivity contribution < 1.29 is 9.59 Å². The molecule has 1 aromatic rings. The number of amides is 2. The van der Waals surface area contributed by atoms with E-state index in [4.69, 9.17) is 0 Å². The average Bonchev–Trinajstić information content (AvgIpc) is 2.46. The Hall–Kier alpha value is -1.84.